The lowest BCUT2D eigenvalue weighted by molar-refractivity contribution is -0.123. The molecule has 4 rings (SSSR count). The molecule has 6 heteroatoms. The van der Waals surface area contributed by atoms with Crippen molar-refractivity contribution in [3.8, 4) is 5.75 Å². The first-order chi connectivity index (χ1) is 13.0. The van der Waals surface area contributed by atoms with Crippen LogP contribution in [0.5, 0.6) is 5.75 Å². The number of ketones is 1. The van der Waals surface area contributed by atoms with Crippen LogP contribution in [0.3, 0.4) is 0 Å². The summed E-state index contributed by atoms with van der Waals surface area (Å²) in [6, 6.07) is 7.21. The van der Waals surface area contributed by atoms with Gasteiger partial charge in [0.15, 0.2) is 5.78 Å². The molecule has 2 saturated heterocycles. The Balaban J connectivity index is 1.35. The number of carbonyl (C=O) groups is 2. The predicted molar refractivity (Wildman–Crippen MR) is 98.8 cm³/mol. The SMILES string of the molecule is CC(C)Oc1cccc(C(=O)C[C@H]2CO[C@H]3[C@@H]2OC[C@@H]3NC(=O)C2CC2)c1. The molecule has 0 spiro atoms. The lowest BCUT2D eigenvalue weighted by Gasteiger charge is -2.17. The van der Waals surface area contributed by atoms with Crippen LogP contribution in [0.15, 0.2) is 24.3 Å². The summed E-state index contributed by atoms with van der Waals surface area (Å²) in [5.41, 5.74) is 0.646. The van der Waals surface area contributed by atoms with E-state index in [-0.39, 0.29) is 47.9 Å². The highest BCUT2D eigenvalue weighted by atomic mass is 16.6. The molecule has 3 aliphatic rings. The predicted octanol–water partition coefficient (Wildman–Crippen LogP) is 2.36. The summed E-state index contributed by atoms with van der Waals surface area (Å²) in [6.07, 6.45) is 2.11. The van der Waals surface area contributed by atoms with Crippen molar-refractivity contribution in [2.45, 2.75) is 57.5 Å². The van der Waals surface area contributed by atoms with Crippen LogP contribution in [0.2, 0.25) is 0 Å². The van der Waals surface area contributed by atoms with Crippen molar-refractivity contribution in [2.75, 3.05) is 13.2 Å². The van der Waals surface area contributed by atoms with Gasteiger partial charge in [-0.15, -0.1) is 0 Å². The normalized spacial score (nSPS) is 29.6. The van der Waals surface area contributed by atoms with Crippen LogP contribution < -0.4 is 10.1 Å². The van der Waals surface area contributed by atoms with E-state index in [9.17, 15) is 9.59 Å². The van der Waals surface area contributed by atoms with E-state index < -0.39 is 0 Å². The fourth-order valence-electron chi connectivity index (χ4n) is 3.89. The Morgan fingerprint density at radius 1 is 1.19 bits per heavy atom. The van der Waals surface area contributed by atoms with Gasteiger partial charge in [-0.1, -0.05) is 12.1 Å². The van der Waals surface area contributed by atoms with Crippen molar-refractivity contribution >= 4 is 11.7 Å². The van der Waals surface area contributed by atoms with Crippen LogP contribution in [0, 0.1) is 11.8 Å². The molecule has 0 bridgehead atoms. The van der Waals surface area contributed by atoms with Crippen LogP contribution in [-0.4, -0.2) is 49.3 Å². The monoisotopic (exact) mass is 373 g/mol. The Morgan fingerprint density at radius 3 is 2.70 bits per heavy atom. The average Bonchev–Trinajstić information content (AvgIpc) is 3.31. The Morgan fingerprint density at radius 2 is 1.96 bits per heavy atom. The zero-order valence-electron chi connectivity index (χ0n) is 15.9. The fraction of sp³-hybridized carbons (Fsp3) is 0.619. The van der Waals surface area contributed by atoms with E-state index in [2.05, 4.69) is 5.32 Å². The molecule has 146 valence electrons. The van der Waals surface area contributed by atoms with Crippen LogP contribution in [0.25, 0.3) is 0 Å². The van der Waals surface area contributed by atoms with Gasteiger partial charge in [0.25, 0.3) is 0 Å². The highest BCUT2D eigenvalue weighted by molar-refractivity contribution is 5.96. The van der Waals surface area contributed by atoms with Gasteiger partial charge in [-0.25, -0.2) is 0 Å². The number of benzene rings is 1. The molecule has 0 radical (unpaired) electrons. The largest absolute Gasteiger partial charge is 0.491 e. The number of carbonyl (C=O) groups excluding carboxylic acids is 2. The number of hydrogen-bond acceptors (Lipinski definition) is 5. The number of nitrogens with one attached hydrogen (secondary N) is 1. The molecule has 1 saturated carbocycles. The summed E-state index contributed by atoms with van der Waals surface area (Å²) in [5.74, 6) is 1.06. The maximum atomic E-state index is 12.7. The summed E-state index contributed by atoms with van der Waals surface area (Å²) in [7, 11) is 0. The van der Waals surface area contributed by atoms with Crippen molar-refractivity contribution in [1.29, 1.82) is 0 Å². The summed E-state index contributed by atoms with van der Waals surface area (Å²) in [5, 5.41) is 3.05. The molecule has 6 nitrogen and oxygen atoms in total. The van der Waals surface area contributed by atoms with Crippen LogP contribution in [0.4, 0.5) is 0 Å². The number of fused-ring (bicyclic) bond motifs is 1. The van der Waals surface area contributed by atoms with Crippen molar-refractivity contribution in [1.82, 2.24) is 5.32 Å². The minimum atomic E-state index is -0.152. The third-order valence-electron chi connectivity index (χ3n) is 5.41. The van der Waals surface area contributed by atoms with Gasteiger partial charge in [-0.3, -0.25) is 9.59 Å². The number of amides is 1. The molecule has 1 N–H and O–H groups in total. The molecule has 2 aliphatic heterocycles. The van der Waals surface area contributed by atoms with Crippen molar-refractivity contribution in [2.24, 2.45) is 11.8 Å². The van der Waals surface area contributed by atoms with E-state index in [1.54, 1.807) is 6.07 Å². The second-order valence-electron chi connectivity index (χ2n) is 8.07. The summed E-state index contributed by atoms with van der Waals surface area (Å²) in [6.45, 7) is 4.86. The van der Waals surface area contributed by atoms with Crippen molar-refractivity contribution in [3.05, 3.63) is 29.8 Å². The first-order valence-corrected chi connectivity index (χ1v) is 9.85. The highest BCUT2D eigenvalue weighted by Gasteiger charge is 2.49. The maximum Gasteiger partial charge on any atom is 0.223 e. The topological polar surface area (TPSA) is 73.9 Å². The van der Waals surface area contributed by atoms with Crippen LogP contribution in [0.1, 0.15) is 43.5 Å². The minimum absolute atomic E-state index is 0.0139. The third kappa shape index (κ3) is 4.17. The Bertz CT molecular complexity index is 714. The molecule has 3 fully saturated rings. The zero-order chi connectivity index (χ0) is 19.0. The molecule has 1 aromatic carbocycles. The van der Waals surface area contributed by atoms with Gasteiger partial charge < -0.3 is 19.5 Å². The van der Waals surface area contributed by atoms with Gasteiger partial charge in [0.2, 0.25) is 5.91 Å². The van der Waals surface area contributed by atoms with Gasteiger partial charge >= 0.3 is 0 Å². The summed E-state index contributed by atoms with van der Waals surface area (Å²) < 4.78 is 17.5. The molecule has 2 heterocycles. The van der Waals surface area contributed by atoms with E-state index in [0.29, 0.717) is 30.9 Å². The van der Waals surface area contributed by atoms with Gasteiger partial charge in [-0.2, -0.15) is 0 Å². The van der Waals surface area contributed by atoms with Crippen LogP contribution >= 0.6 is 0 Å². The lowest BCUT2D eigenvalue weighted by atomic mass is 9.92. The molecule has 1 aliphatic carbocycles. The number of hydrogen-bond donors (Lipinski definition) is 1. The summed E-state index contributed by atoms with van der Waals surface area (Å²) >= 11 is 0. The van der Waals surface area contributed by atoms with E-state index >= 15 is 0 Å². The quantitative estimate of drug-likeness (QED) is 0.743. The molecule has 27 heavy (non-hydrogen) atoms. The van der Waals surface area contributed by atoms with E-state index in [0.717, 1.165) is 12.8 Å². The molecular formula is C21H27NO5. The standard InChI is InChI=1S/C21H27NO5/c1-12(2)27-16-5-3-4-14(8-16)18(23)9-15-10-25-20-17(11-26-19(15)20)22-21(24)13-6-7-13/h3-5,8,12-13,15,17,19-20H,6-7,9-11H2,1-2H3,(H,22,24)/t15-,17-,19+,20+/m0/s1. The van der Waals surface area contributed by atoms with E-state index in [4.69, 9.17) is 14.2 Å². The minimum Gasteiger partial charge on any atom is -0.491 e. The number of ether oxygens (including phenoxy) is 3. The van der Waals surface area contributed by atoms with Crippen molar-refractivity contribution < 1.29 is 23.8 Å². The Labute approximate surface area is 159 Å². The lowest BCUT2D eigenvalue weighted by Crippen LogP contribution is -2.44. The maximum absolute atomic E-state index is 12.7. The number of rotatable bonds is 7. The van der Waals surface area contributed by atoms with E-state index in [1.165, 1.54) is 0 Å². The first kappa shape index (κ1) is 18.4. The molecule has 0 aromatic heterocycles. The molecule has 1 amide bonds. The fourth-order valence-corrected chi connectivity index (χ4v) is 3.89. The summed E-state index contributed by atoms with van der Waals surface area (Å²) in [4.78, 5) is 24.8. The smallest absolute Gasteiger partial charge is 0.223 e. The van der Waals surface area contributed by atoms with Gasteiger partial charge in [0, 0.05) is 23.8 Å². The van der Waals surface area contributed by atoms with Gasteiger partial charge in [-0.05, 0) is 38.8 Å². The molecular weight excluding hydrogens is 346 g/mol. The Kier molecular flexibility index (Phi) is 5.19. The van der Waals surface area contributed by atoms with Gasteiger partial charge in [0.1, 0.15) is 11.9 Å². The first-order valence-electron chi connectivity index (χ1n) is 9.85. The average molecular weight is 373 g/mol. The third-order valence-corrected chi connectivity index (χ3v) is 5.41. The van der Waals surface area contributed by atoms with Crippen LogP contribution in [-0.2, 0) is 14.3 Å². The zero-order valence-corrected chi connectivity index (χ0v) is 15.9. The molecule has 1 aromatic rings. The highest BCUT2D eigenvalue weighted by Crippen LogP contribution is 2.35. The molecule has 4 atom stereocenters. The second kappa shape index (κ2) is 7.60. The van der Waals surface area contributed by atoms with Gasteiger partial charge in [0.05, 0.1) is 31.5 Å². The Hall–Kier alpha value is -1.92. The molecule has 0 unspecified atom stereocenters. The van der Waals surface area contributed by atoms with Crippen molar-refractivity contribution in [3.63, 3.8) is 0 Å². The second-order valence-corrected chi connectivity index (χ2v) is 8.07. The van der Waals surface area contributed by atoms with E-state index in [1.807, 2.05) is 32.0 Å². The number of Topliss-reactive ketones (excluding diaryl/α,β-unsaturated/α-hetero) is 1.